The van der Waals surface area contributed by atoms with Gasteiger partial charge in [0.1, 0.15) is 6.73 Å². The standard InChI is InChI=1S/C18H13ClN6O3/c19-13-2-1-3-14(8-13)22-16(21-10-26)15-17(25-28-24-15)23-18(27)12-6-4-11(9-20)5-7-12/h1-8,26H,10H2,(H,21,22)(H,23,25,27). The van der Waals surface area contributed by atoms with Crippen molar-refractivity contribution in [1.82, 2.24) is 10.3 Å². The molecule has 0 bridgehead atoms. The second-order valence-corrected chi connectivity index (χ2v) is 5.82. The number of halogens is 1. The van der Waals surface area contributed by atoms with E-state index in [0.29, 0.717) is 21.8 Å². The van der Waals surface area contributed by atoms with Gasteiger partial charge in [0.05, 0.1) is 11.6 Å². The second-order valence-electron chi connectivity index (χ2n) is 5.39. The number of nitrogens with zero attached hydrogens (tertiary/aromatic N) is 4. The van der Waals surface area contributed by atoms with Gasteiger partial charge in [-0.25, -0.2) is 9.62 Å². The Balaban J connectivity index is 1.83. The van der Waals surface area contributed by atoms with Gasteiger partial charge in [0.25, 0.3) is 5.91 Å². The average Bonchev–Trinajstić information content (AvgIpc) is 3.16. The molecule has 9 nitrogen and oxygen atoms in total. The fraction of sp³-hybridized carbons (Fsp3) is 0.0556. The molecule has 0 aliphatic heterocycles. The number of carbonyl (C=O) groups excluding carboxylic acids is 1. The molecular formula is C18H13ClN6O3. The highest BCUT2D eigenvalue weighted by Gasteiger charge is 2.19. The summed E-state index contributed by atoms with van der Waals surface area (Å²) in [4.78, 5) is 16.3. The van der Waals surface area contributed by atoms with Gasteiger partial charge in [0, 0.05) is 16.3 Å². The first-order valence-corrected chi connectivity index (χ1v) is 8.31. The van der Waals surface area contributed by atoms with Crippen LogP contribution in [0.3, 0.4) is 0 Å². The smallest absolute Gasteiger partial charge is 0.256 e. The molecule has 1 heterocycles. The lowest BCUT2D eigenvalue weighted by molar-refractivity contribution is 0.102. The lowest BCUT2D eigenvalue weighted by atomic mass is 10.1. The van der Waals surface area contributed by atoms with Crippen molar-refractivity contribution in [3.05, 3.63) is 70.4 Å². The topological polar surface area (TPSA) is 136 Å². The summed E-state index contributed by atoms with van der Waals surface area (Å²) < 4.78 is 4.72. The van der Waals surface area contributed by atoms with Crippen LogP contribution in [0.4, 0.5) is 11.5 Å². The van der Waals surface area contributed by atoms with E-state index >= 15 is 0 Å². The molecule has 0 radical (unpaired) electrons. The minimum absolute atomic E-state index is 0.0103. The highest BCUT2D eigenvalue weighted by Crippen LogP contribution is 2.18. The van der Waals surface area contributed by atoms with Crippen LogP contribution in [-0.2, 0) is 0 Å². The molecule has 0 aliphatic carbocycles. The summed E-state index contributed by atoms with van der Waals surface area (Å²) in [5.74, 6) is -0.343. The van der Waals surface area contributed by atoms with Crippen molar-refractivity contribution in [3.63, 3.8) is 0 Å². The SMILES string of the molecule is N#Cc1ccc(C(=O)Nc2nonc2/C(=N/CO)Nc2cccc(Cl)c2)cc1. The number of aromatic nitrogens is 2. The first-order chi connectivity index (χ1) is 13.6. The van der Waals surface area contributed by atoms with Gasteiger partial charge in [-0.3, -0.25) is 4.79 Å². The molecule has 1 amide bonds. The fourth-order valence-electron chi connectivity index (χ4n) is 2.25. The Morgan fingerprint density at radius 1 is 1.21 bits per heavy atom. The van der Waals surface area contributed by atoms with Crippen molar-refractivity contribution in [2.75, 3.05) is 17.4 Å². The van der Waals surface area contributed by atoms with Crippen molar-refractivity contribution in [2.45, 2.75) is 0 Å². The van der Waals surface area contributed by atoms with E-state index in [1.807, 2.05) is 6.07 Å². The number of nitriles is 1. The van der Waals surface area contributed by atoms with Gasteiger partial charge in [-0.1, -0.05) is 17.7 Å². The number of amides is 1. The maximum absolute atomic E-state index is 12.4. The van der Waals surface area contributed by atoms with Crippen LogP contribution in [0.5, 0.6) is 0 Å². The number of rotatable bonds is 5. The lowest BCUT2D eigenvalue weighted by Crippen LogP contribution is -2.19. The monoisotopic (exact) mass is 396 g/mol. The number of hydrogen-bond donors (Lipinski definition) is 3. The Morgan fingerprint density at radius 3 is 2.68 bits per heavy atom. The second kappa shape index (κ2) is 8.77. The van der Waals surface area contributed by atoms with Crippen LogP contribution in [-0.4, -0.2) is 33.9 Å². The van der Waals surface area contributed by atoms with E-state index in [9.17, 15) is 9.90 Å². The molecule has 10 heteroatoms. The Bertz CT molecular complexity index is 1060. The molecule has 0 aliphatic rings. The first-order valence-electron chi connectivity index (χ1n) is 7.93. The van der Waals surface area contributed by atoms with Crippen molar-refractivity contribution in [1.29, 1.82) is 5.26 Å². The van der Waals surface area contributed by atoms with Crippen LogP contribution < -0.4 is 10.6 Å². The average molecular weight is 397 g/mol. The van der Waals surface area contributed by atoms with Gasteiger partial charge in [-0.15, -0.1) is 0 Å². The number of aliphatic hydroxyl groups excluding tert-OH is 1. The van der Waals surface area contributed by atoms with Gasteiger partial charge in [-0.2, -0.15) is 5.26 Å². The molecule has 3 rings (SSSR count). The van der Waals surface area contributed by atoms with E-state index in [2.05, 4.69) is 25.9 Å². The number of hydrogen-bond acceptors (Lipinski definition) is 7. The van der Waals surface area contributed by atoms with Gasteiger partial charge >= 0.3 is 0 Å². The van der Waals surface area contributed by atoms with E-state index in [-0.39, 0.29) is 17.3 Å². The van der Waals surface area contributed by atoms with E-state index in [1.165, 1.54) is 24.3 Å². The zero-order valence-electron chi connectivity index (χ0n) is 14.3. The van der Waals surface area contributed by atoms with E-state index in [1.54, 1.807) is 24.3 Å². The van der Waals surface area contributed by atoms with Gasteiger partial charge in [-0.05, 0) is 52.8 Å². The van der Waals surface area contributed by atoms with Crippen LogP contribution in [0.25, 0.3) is 0 Å². The lowest BCUT2D eigenvalue weighted by Gasteiger charge is -2.09. The van der Waals surface area contributed by atoms with Gasteiger partial charge < -0.3 is 15.7 Å². The molecule has 0 spiro atoms. The molecule has 0 fully saturated rings. The summed E-state index contributed by atoms with van der Waals surface area (Å²) in [6.07, 6.45) is 0. The first kappa shape index (κ1) is 19.0. The Morgan fingerprint density at radius 2 is 2.00 bits per heavy atom. The predicted molar refractivity (Wildman–Crippen MR) is 102 cm³/mol. The molecule has 28 heavy (non-hydrogen) atoms. The van der Waals surface area contributed by atoms with Crippen LogP contribution in [0, 0.1) is 11.3 Å². The highest BCUT2D eigenvalue weighted by atomic mass is 35.5. The van der Waals surface area contributed by atoms with Crippen molar-refractivity contribution in [2.24, 2.45) is 4.99 Å². The summed E-state index contributed by atoms with van der Waals surface area (Å²) in [7, 11) is 0. The molecule has 3 N–H and O–H groups in total. The number of aliphatic hydroxyl groups is 1. The number of amidine groups is 1. The van der Waals surface area contributed by atoms with Crippen molar-refractivity contribution >= 4 is 34.8 Å². The van der Waals surface area contributed by atoms with Gasteiger partial charge in [0.15, 0.2) is 11.5 Å². The predicted octanol–water partition coefficient (Wildman–Crippen LogP) is 2.66. The van der Waals surface area contributed by atoms with Crippen LogP contribution in [0.1, 0.15) is 21.6 Å². The summed E-state index contributed by atoms with van der Waals surface area (Å²) >= 11 is 5.97. The summed E-state index contributed by atoms with van der Waals surface area (Å²) in [6, 6.07) is 14.9. The van der Waals surface area contributed by atoms with Crippen LogP contribution in [0.2, 0.25) is 5.02 Å². The Labute approximate surface area is 164 Å². The third-order valence-corrected chi connectivity index (χ3v) is 3.77. The molecule has 0 saturated heterocycles. The third kappa shape index (κ3) is 4.50. The maximum atomic E-state index is 12.4. The minimum Gasteiger partial charge on any atom is -0.374 e. The highest BCUT2D eigenvalue weighted by molar-refractivity contribution is 6.31. The van der Waals surface area contributed by atoms with Crippen LogP contribution >= 0.6 is 11.6 Å². The van der Waals surface area contributed by atoms with E-state index in [0.717, 1.165) is 0 Å². The van der Waals surface area contributed by atoms with Crippen molar-refractivity contribution < 1.29 is 14.5 Å². The number of nitrogens with one attached hydrogen (secondary N) is 2. The fourth-order valence-corrected chi connectivity index (χ4v) is 2.44. The van der Waals surface area contributed by atoms with E-state index < -0.39 is 12.6 Å². The Kier molecular flexibility index (Phi) is 5.96. The maximum Gasteiger partial charge on any atom is 0.256 e. The molecule has 0 saturated carbocycles. The molecule has 1 aromatic heterocycles. The van der Waals surface area contributed by atoms with Gasteiger partial charge in [0.2, 0.25) is 5.82 Å². The molecule has 0 atom stereocenters. The molecule has 3 aromatic rings. The summed E-state index contributed by atoms with van der Waals surface area (Å²) in [6.45, 7) is -0.529. The number of aliphatic imine (C=N–C) groups is 1. The summed E-state index contributed by atoms with van der Waals surface area (Å²) in [5, 5.41) is 31.5. The van der Waals surface area contributed by atoms with E-state index in [4.69, 9.17) is 21.5 Å². The number of anilines is 2. The molecular weight excluding hydrogens is 384 g/mol. The largest absolute Gasteiger partial charge is 0.374 e. The number of benzene rings is 2. The molecule has 140 valence electrons. The van der Waals surface area contributed by atoms with Crippen LogP contribution in [0.15, 0.2) is 58.2 Å². The minimum atomic E-state index is -0.529. The van der Waals surface area contributed by atoms with Crippen molar-refractivity contribution in [3.8, 4) is 6.07 Å². The normalized spacial score (nSPS) is 11.0. The molecule has 2 aromatic carbocycles. The third-order valence-electron chi connectivity index (χ3n) is 3.54. The zero-order chi connectivity index (χ0) is 19.9. The number of carbonyl (C=O) groups is 1. The quantitative estimate of drug-likeness (QED) is 0.445. The Hall–Kier alpha value is -3.74. The zero-order valence-corrected chi connectivity index (χ0v) is 15.0. The summed E-state index contributed by atoms with van der Waals surface area (Å²) in [5.41, 5.74) is 1.43. The molecule has 0 unspecified atom stereocenters.